The second-order valence-electron chi connectivity index (χ2n) is 4.98. The van der Waals surface area contributed by atoms with E-state index >= 15 is 0 Å². The Bertz CT molecular complexity index is 383. The Kier molecular flexibility index (Phi) is 7.95. The predicted octanol–water partition coefficient (Wildman–Crippen LogP) is 3.23. The van der Waals surface area contributed by atoms with Crippen LogP contribution in [0.4, 0.5) is 5.82 Å². The van der Waals surface area contributed by atoms with E-state index in [1.54, 1.807) is 6.33 Å². The standard InChI is InChI=1S/C15H27N3O2/c1-5-7-16-14-13(12(3)4)15(18-11-17-14)20-10-9-19-8-6-2/h11-12H,5-10H2,1-4H3,(H,16,17,18). The molecule has 114 valence electrons. The van der Waals surface area contributed by atoms with Crippen molar-refractivity contribution in [3.8, 4) is 5.88 Å². The molecule has 0 aliphatic carbocycles. The summed E-state index contributed by atoms with van der Waals surface area (Å²) in [4.78, 5) is 8.58. The SMILES string of the molecule is CCCNc1ncnc(OCCOCCC)c1C(C)C. The molecule has 0 amide bonds. The van der Waals surface area contributed by atoms with E-state index in [4.69, 9.17) is 9.47 Å². The van der Waals surface area contributed by atoms with Crippen molar-refractivity contribution in [2.75, 3.05) is 31.7 Å². The molecule has 1 rings (SSSR count). The van der Waals surface area contributed by atoms with Gasteiger partial charge in [-0.05, 0) is 18.8 Å². The van der Waals surface area contributed by atoms with E-state index in [9.17, 15) is 0 Å². The van der Waals surface area contributed by atoms with E-state index < -0.39 is 0 Å². The predicted molar refractivity (Wildman–Crippen MR) is 81.5 cm³/mol. The van der Waals surface area contributed by atoms with Crippen molar-refractivity contribution in [2.45, 2.75) is 46.5 Å². The Balaban J connectivity index is 2.68. The highest BCUT2D eigenvalue weighted by atomic mass is 16.5. The number of nitrogens with one attached hydrogen (secondary N) is 1. The Morgan fingerprint density at radius 2 is 1.90 bits per heavy atom. The molecule has 20 heavy (non-hydrogen) atoms. The van der Waals surface area contributed by atoms with Gasteiger partial charge >= 0.3 is 0 Å². The highest BCUT2D eigenvalue weighted by molar-refractivity contribution is 5.50. The maximum atomic E-state index is 5.75. The van der Waals surface area contributed by atoms with Crippen LogP contribution in [-0.4, -0.2) is 36.3 Å². The van der Waals surface area contributed by atoms with Gasteiger partial charge in [-0.1, -0.05) is 27.7 Å². The van der Waals surface area contributed by atoms with Gasteiger partial charge in [0.15, 0.2) is 0 Å². The first-order valence-electron chi connectivity index (χ1n) is 7.49. The molecule has 0 fully saturated rings. The molecule has 0 aliphatic rings. The lowest BCUT2D eigenvalue weighted by atomic mass is 10.1. The van der Waals surface area contributed by atoms with Crippen LogP contribution in [0.15, 0.2) is 6.33 Å². The summed E-state index contributed by atoms with van der Waals surface area (Å²) in [5, 5.41) is 3.33. The van der Waals surface area contributed by atoms with Gasteiger partial charge in [-0.2, -0.15) is 0 Å². The molecule has 0 radical (unpaired) electrons. The first-order valence-corrected chi connectivity index (χ1v) is 7.49. The number of ether oxygens (including phenoxy) is 2. The Hall–Kier alpha value is -1.36. The van der Waals surface area contributed by atoms with Gasteiger partial charge in [0.2, 0.25) is 5.88 Å². The van der Waals surface area contributed by atoms with E-state index in [1.165, 1.54) is 0 Å². The van der Waals surface area contributed by atoms with Crippen LogP contribution in [0.3, 0.4) is 0 Å². The van der Waals surface area contributed by atoms with Gasteiger partial charge in [-0.15, -0.1) is 0 Å². The van der Waals surface area contributed by atoms with Gasteiger partial charge in [-0.25, -0.2) is 9.97 Å². The highest BCUT2D eigenvalue weighted by Gasteiger charge is 2.15. The number of aromatic nitrogens is 2. The molecule has 0 atom stereocenters. The van der Waals surface area contributed by atoms with E-state index in [0.717, 1.165) is 37.4 Å². The summed E-state index contributed by atoms with van der Waals surface area (Å²) in [7, 11) is 0. The highest BCUT2D eigenvalue weighted by Crippen LogP contribution is 2.29. The third-order valence-corrected chi connectivity index (χ3v) is 2.78. The zero-order chi connectivity index (χ0) is 14.8. The van der Waals surface area contributed by atoms with E-state index in [1.807, 2.05) is 0 Å². The lowest BCUT2D eigenvalue weighted by molar-refractivity contribution is 0.0985. The van der Waals surface area contributed by atoms with Crippen molar-refractivity contribution in [2.24, 2.45) is 0 Å². The second-order valence-corrected chi connectivity index (χ2v) is 4.98. The fourth-order valence-electron chi connectivity index (χ4n) is 1.84. The smallest absolute Gasteiger partial charge is 0.222 e. The maximum absolute atomic E-state index is 5.75. The van der Waals surface area contributed by atoms with E-state index in [0.29, 0.717) is 25.0 Å². The summed E-state index contributed by atoms with van der Waals surface area (Å²) >= 11 is 0. The number of anilines is 1. The lowest BCUT2D eigenvalue weighted by Crippen LogP contribution is -2.13. The van der Waals surface area contributed by atoms with Gasteiger partial charge in [-0.3, -0.25) is 0 Å². The van der Waals surface area contributed by atoms with Crippen LogP contribution in [0, 0.1) is 0 Å². The molecule has 1 aromatic heterocycles. The average Bonchev–Trinajstić information content (AvgIpc) is 2.44. The van der Waals surface area contributed by atoms with Crippen LogP contribution in [0.1, 0.15) is 52.0 Å². The van der Waals surface area contributed by atoms with Crippen LogP contribution >= 0.6 is 0 Å². The molecule has 0 saturated carbocycles. The Morgan fingerprint density at radius 1 is 1.10 bits per heavy atom. The van der Waals surface area contributed by atoms with Crippen LogP contribution in [0.5, 0.6) is 5.88 Å². The van der Waals surface area contributed by atoms with Gasteiger partial charge in [0.1, 0.15) is 18.8 Å². The molecule has 1 aromatic rings. The fourth-order valence-corrected chi connectivity index (χ4v) is 1.84. The van der Waals surface area contributed by atoms with Gasteiger partial charge in [0.25, 0.3) is 0 Å². The van der Waals surface area contributed by atoms with Crippen molar-refractivity contribution < 1.29 is 9.47 Å². The van der Waals surface area contributed by atoms with Crippen LogP contribution in [0.25, 0.3) is 0 Å². The fraction of sp³-hybridized carbons (Fsp3) is 0.733. The first kappa shape index (κ1) is 16.7. The second kappa shape index (κ2) is 9.53. The first-order chi connectivity index (χ1) is 9.70. The zero-order valence-electron chi connectivity index (χ0n) is 13.1. The Morgan fingerprint density at radius 3 is 2.55 bits per heavy atom. The van der Waals surface area contributed by atoms with Crippen molar-refractivity contribution >= 4 is 5.82 Å². The normalized spacial score (nSPS) is 10.8. The average molecular weight is 281 g/mol. The molecule has 5 nitrogen and oxygen atoms in total. The summed E-state index contributed by atoms with van der Waals surface area (Å²) in [6.45, 7) is 11.2. The van der Waals surface area contributed by atoms with Crippen LogP contribution in [0.2, 0.25) is 0 Å². The molecule has 0 unspecified atom stereocenters. The molecule has 0 saturated heterocycles. The molecule has 0 aromatic carbocycles. The number of rotatable bonds is 10. The summed E-state index contributed by atoms with van der Waals surface area (Å²) in [6.07, 6.45) is 3.63. The van der Waals surface area contributed by atoms with E-state index in [2.05, 4.69) is 43.0 Å². The molecule has 1 N–H and O–H groups in total. The molecular weight excluding hydrogens is 254 g/mol. The van der Waals surface area contributed by atoms with Crippen molar-refractivity contribution in [3.05, 3.63) is 11.9 Å². The summed E-state index contributed by atoms with van der Waals surface area (Å²) in [6, 6.07) is 0. The number of hydrogen-bond donors (Lipinski definition) is 1. The molecule has 1 heterocycles. The third kappa shape index (κ3) is 5.33. The zero-order valence-corrected chi connectivity index (χ0v) is 13.1. The van der Waals surface area contributed by atoms with Crippen molar-refractivity contribution in [1.82, 2.24) is 9.97 Å². The maximum Gasteiger partial charge on any atom is 0.222 e. The Labute approximate surface area is 122 Å². The van der Waals surface area contributed by atoms with Crippen molar-refractivity contribution in [3.63, 3.8) is 0 Å². The molecule has 0 bridgehead atoms. The summed E-state index contributed by atoms with van der Waals surface area (Å²) < 4.78 is 11.2. The lowest BCUT2D eigenvalue weighted by Gasteiger charge is -2.17. The van der Waals surface area contributed by atoms with Crippen molar-refractivity contribution in [1.29, 1.82) is 0 Å². The molecule has 0 spiro atoms. The van der Waals surface area contributed by atoms with Gasteiger partial charge in [0, 0.05) is 13.2 Å². The summed E-state index contributed by atoms with van der Waals surface area (Å²) in [5.41, 5.74) is 1.04. The number of nitrogens with zero attached hydrogens (tertiary/aromatic N) is 2. The minimum Gasteiger partial charge on any atom is -0.475 e. The third-order valence-electron chi connectivity index (χ3n) is 2.78. The van der Waals surface area contributed by atoms with E-state index in [-0.39, 0.29) is 0 Å². The minimum absolute atomic E-state index is 0.308. The monoisotopic (exact) mass is 281 g/mol. The van der Waals surface area contributed by atoms with Crippen LogP contribution in [-0.2, 0) is 4.74 Å². The molecular formula is C15H27N3O2. The number of hydrogen-bond acceptors (Lipinski definition) is 5. The topological polar surface area (TPSA) is 56.3 Å². The van der Waals surface area contributed by atoms with Gasteiger partial charge in [0.05, 0.1) is 12.2 Å². The van der Waals surface area contributed by atoms with Crippen LogP contribution < -0.4 is 10.1 Å². The molecule has 5 heteroatoms. The van der Waals surface area contributed by atoms with Gasteiger partial charge < -0.3 is 14.8 Å². The summed E-state index contributed by atoms with van der Waals surface area (Å²) in [5.74, 6) is 1.84. The quantitative estimate of drug-likeness (QED) is 0.667. The largest absolute Gasteiger partial charge is 0.475 e. The molecule has 0 aliphatic heterocycles. The minimum atomic E-state index is 0.308.